The van der Waals surface area contributed by atoms with Crippen molar-refractivity contribution in [3.63, 3.8) is 0 Å². The first-order chi connectivity index (χ1) is 15.3. The number of carbonyl (C=O) groups is 1. The average molecular weight is 460 g/mol. The van der Waals surface area contributed by atoms with Gasteiger partial charge in [0.2, 0.25) is 20.9 Å². The lowest BCUT2D eigenvalue weighted by Crippen LogP contribution is -2.38. The first-order valence-electron chi connectivity index (χ1n) is 11.5. The predicted octanol–water partition coefficient (Wildman–Crippen LogP) is 3.66. The molecule has 0 radical (unpaired) electrons. The number of ether oxygens (including phenoxy) is 1. The third kappa shape index (κ3) is 5.07. The molecular weight excluding hydrogens is 426 g/mol. The lowest BCUT2D eigenvalue weighted by molar-refractivity contribution is -0.134. The second-order valence-corrected chi connectivity index (χ2v) is 11.2. The molecule has 1 aromatic heterocycles. The molecule has 1 atom stereocenters. The van der Waals surface area contributed by atoms with Gasteiger partial charge in [0.15, 0.2) is 0 Å². The SMILES string of the molecule is Cc1ccccc1CS(=O)(=O)c1ncc(CN(CC2CCCO2)C(=O)C2CC2)n1C(C)C. The van der Waals surface area contributed by atoms with E-state index < -0.39 is 9.84 Å². The lowest BCUT2D eigenvalue weighted by Gasteiger charge is -2.27. The molecule has 1 aromatic carbocycles. The summed E-state index contributed by atoms with van der Waals surface area (Å²) in [6, 6.07) is 7.41. The zero-order valence-electron chi connectivity index (χ0n) is 19.2. The fourth-order valence-corrected chi connectivity index (χ4v) is 6.07. The van der Waals surface area contributed by atoms with E-state index in [4.69, 9.17) is 4.74 Å². The molecule has 32 heavy (non-hydrogen) atoms. The highest BCUT2D eigenvalue weighted by molar-refractivity contribution is 7.90. The lowest BCUT2D eigenvalue weighted by atomic mass is 10.1. The summed E-state index contributed by atoms with van der Waals surface area (Å²) >= 11 is 0. The van der Waals surface area contributed by atoms with E-state index in [0.29, 0.717) is 13.1 Å². The highest BCUT2D eigenvalue weighted by atomic mass is 32.2. The van der Waals surface area contributed by atoms with Crippen molar-refractivity contribution < 1.29 is 17.9 Å². The van der Waals surface area contributed by atoms with Crippen molar-refractivity contribution in [1.82, 2.24) is 14.5 Å². The van der Waals surface area contributed by atoms with Crippen LogP contribution in [-0.4, -0.2) is 48.0 Å². The van der Waals surface area contributed by atoms with Gasteiger partial charge in [-0.3, -0.25) is 4.79 Å². The van der Waals surface area contributed by atoms with Gasteiger partial charge in [0.1, 0.15) is 0 Å². The summed E-state index contributed by atoms with van der Waals surface area (Å²) in [6.45, 7) is 7.44. The number of imidazole rings is 1. The molecule has 0 spiro atoms. The van der Waals surface area contributed by atoms with Crippen molar-refractivity contribution in [3.05, 3.63) is 47.3 Å². The van der Waals surface area contributed by atoms with Gasteiger partial charge in [-0.15, -0.1) is 0 Å². The molecule has 0 N–H and O–H groups in total. The van der Waals surface area contributed by atoms with Gasteiger partial charge in [0.05, 0.1) is 30.3 Å². The minimum Gasteiger partial charge on any atom is -0.376 e. The number of benzene rings is 1. The Labute approximate surface area is 190 Å². The highest BCUT2D eigenvalue weighted by Crippen LogP contribution is 2.32. The van der Waals surface area contributed by atoms with Crippen LogP contribution in [0.3, 0.4) is 0 Å². The summed E-state index contributed by atoms with van der Waals surface area (Å²) < 4.78 is 34.2. The van der Waals surface area contributed by atoms with Gasteiger partial charge in [0.25, 0.3) is 0 Å². The molecule has 1 aliphatic carbocycles. The maximum atomic E-state index is 13.3. The van der Waals surface area contributed by atoms with Crippen molar-refractivity contribution in [2.24, 2.45) is 5.92 Å². The maximum absolute atomic E-state index is 13.3. The Morgan fingerprint density at radius 3 is 2.62 bits per heavy atom. The van der Waals surface area contributed by atoms with Gasteiger partial charge in [-0.1, -0.05) is 24.3 Å². The summed E-state index contributed by atoms with van der Waals surface area (Å²) in [6.07, 6.45) is 5.50. The van der Waals surface area contributed by atoms with Gasteiger partial charge >= 0.3 is 0 Å². The van der Waals surface area contributed by atoms with Crippen molar-refractivity contribution in [3.8, 4) is 0 Å². The fourth-order valence-electron chi connectivity index (χ4n) is 4.37. The molecule has 1 saturated carbocycles. The van der Waals surface area contributed by atoms with Crippen LogP contribution in [-0.2, 0) is 31.7 Å². The molecule has 7 nitrogen and oxygen atoms in total. The number of amides is 1. The van der Waals surface area contributed by atoms with Crippen molar-refractivity contribution >= 4 is 15.7 Å². The Balaban J connectivity index is 1.61. The molecule has 8 heteroatoms. The van der Waals surface area contributed by atoms with Crippen LogP contribution in [0.2, 0.25) is 0 Å². The summed E-state index contributed by atoms with van der Waals surface area (Å²) in [5, 5.41) is 0.0710. The highest BCUT2D eigenvalue weighted by Gasteiger charge is 2.36. The summed E-state index contributed by atoms with van der Waals surface area (Å²) in [5.74, 6) is 0.140. The van der Waals surface area contributed by atoms with Crippen LogP contribution in [0.4, 0.5) is 0 Å². The molecule has 0 bridgehead atoms. The number of nitrogens with zero attached hydrogens (tertiary/aromatic N) is 3. The van der Waals surface area contributed by atoms with Gasteiger partial charge in [-0.25, -0.2) is 13.4 Å². The zero-order chi connectivity index (χ0) is 22.9. The Morgan fingerprint density at radius 2 is 2.00 bits per heavy atom. The van der Waals surface area contributed by atoms with Crippen LogP contribution in [0.25, 0.3) is 0 Å². The Hall–Kier alpha value is -2.19. The maximum Gasteiger partial charge on any atom is 0.228 e. The molecular formula is C24H33N3O4S. The molecule has 1 aliphatic heterocycles. The van der Waals surface area contributed by atoms with E-state index in [1.807, 2.05) is 49.9 Å². The Kier molecular flexibility index (Phi) is 6.72. The summed E-state index contributed by atoms with van der Waals surface area (Å²) in [4.78, 5) is 19.2. The van der Waals surface area contributed by atoms with Crippen molar-refractivity contribution in [2.75, 3.05) is 13.2 Å². The van der Waals surface area contributed by atoms with Crippen LogP contribution in [0, 0.1) is 12.8 Å². The van der Waals surface area contributed by atoms with E-state index in [2.05, 4.69) is 4.98 Å². The first-order valence-corrected chi connectivity index (χ1v) is 13.1. The minimum absolute atomic E-state index is 0.0531. The second-order valence-electron chi connectivity index (χ2n) is 9.31. The number of carbonyl (C=O) groups excluding carboxylic acids is 1. The fraction of sp³-hybridized carbons (Fsp3) is 0.583. The van der Waals surface area contributed by atoms with Crippen molar-refractivity contribution in [2.45, 2.75) is 76.1 Å². The molecule has 1 saturated heterocycles. The molecule has 2 heterocycles. The third-order valence-electron chi connectivity index (χ3n) is 6.28. The normalized spacial score (nSPS) is 18.9. The molecule has 1 unspecified atom stereocenters. The standard InChI is InChI=1S/C24H33N3O4S/c1-17(2)27-21(14-26(23(28)19-10-11-19)15-22-9-6-12-31-22)13-25-24(27)32(29,30)16-20-8-5-4-7-18(20)3/h4-5,7-8,13,17,19,22H,6,9-12,14-16H2,1-3H3. The van der Waals surface area contributed by atoms with E-state index in [9.17, 15) is 13.2 Å². The van der Waals surface area contributed by atoms with E-state index in [-0.39, 0.29) is 34.9 Å². The molecule has 4 rings (SSSR count). The van der Waals surface area contributed by atoms with E-state index in [1.54, 1.807) is 10.8 Å². The molecule has 1 amide bonds. The number of rotatable bonds is 9. The number of aromatic nitrogens is 2. The second kappa shape index (κ2) is 9.35. The van der Waals surface area contributed by atoms with Crippen LogP contribution >= 0.6 is 0 Å². The molecule has 174 valence electrons. The van der Waals surface area contributed by atoms with E-state index >= 15 is 0 Å². The largest absolute Gasteiger partial charge is 0.376 e. The quantitative estimate of drug-likeness (QED) is 0.572. The van der Waals surface area contributed by atoms with Crippen LogP contribution in [0.5, 0.6) is 0 Å². The molecule has 2 fully saturated rings. The molecule has 2 aromatic rings. The van der Waals surface area contributed by atoms with Crippen LogP contribution < -0.4 is 0 Å². The summed E-state index contributed by atoms with van der Waals surface area (Å²) in [7, 11) is -3.65. The van der Waals surface area contributed by atoms with Gasteiger partial charge in [-0.05, 0) is 57.6 Å². The van der Waals surface area contributed by atoms with E-state index in [0.717, 1.165) is 49.1 Å². The van der Waals surface area contributed by atoms with Crippen molar-refractivity contribution in [1.29, 1.82) is 0 Å². The Bertz CT molecular complexity index is 1070. The monoisotopic (exact) mass is 459 g/mol. The Morgan fingerprint density at radius 1 is 1.25 bits per heavy atom. The smallest absolute Gasteiger partial charge is 0.228 e. The topological polar surface area (TPSA) is 81.5 Å². The number of hydrogen-bond acceptors (Lipinski definition) is 5. The minimum atomic E-state index is -3.65. The first kappa shape index (κ1) is 23.0. The number of aryl methyl sites for hydroxylation is 1. The van der Waals surface area contributed by atoms with Crippen LogP contribution in [0.1, 0.15) is 62.4 Å². The van der Waals surface area contributed by atoms with Crippen LogP contribution in [0.15, 0.2) is 35.6 Å². The van der Waals surface area contributed by atoms with Gasteiger partial charge in [-0.2, -0.15) is 0 Å². The predicted molar refractivity (Wildman–Crippen MR) is 122 cm³/mol. The number of sulfone groups is 1. The summed E-state index contributed by atoms with van der Waals surface area (Å²) in [5.41, 5.74) is 2.46. The molecule has 2 aliphatic rings. The zero-order valence-corrected chi connectivity index (χ0v) is 20.0. The van der Waals surface area contributed by atoms with Gasteiger partial charge < -0.3 is 14.2 Å². The van der Waals surface area contributed by atoms with Gasteiger partial charge in [0, 0.05) is 25.1 Å². The number of hydrogen-bond donors (Lipinski definition) is 0. The third-order valence-corrected chi connectivity index (χ3v) is 7.83. The average Bonchev–Trinajstić information content (AvgIpc) is 3.28. The van der Waals surface area contributed by atoms with E-state index in [1.165, 1.54) is 0 Å².